The molecule has 0 amide bonds. The summed E-state index contributed by atoms with van der Waals surface area (Å²) in [6.45, 7) is 3.81. The predicted molar refractivity (Wildman–Crippen MR) is 83.2 cm³/mol. The first kappa shape index (κ1) is 12.9. The minimum absolute atomic E-state index is 0.267. The topological polar surface area (TPSA) is 50.9 Å². The first-order chi connectivity index (χ1) is 9.51. The van der Waals surface area contributed by atoms with Crippen molar-refractivity contribution in [1.29, 1.82) is 0 Å². The highest BCUT2D eigenvalue weighted by Gasteiger charge is 2.07. The van der Waals surface area contributed by atoms with Gasteiger partial charge in [-0.25, -0.2) is 9.37 Å². The van der Waals surface area contributed by atoms with E-state index in [2.05, 4.69) is 10.3 Å². The molecule has 0 fully saturated rings. The minimum atomic E-state index is -0.267. The number of hydrogen-bond acceptors (Lipinski definition) is 4. The number of nitrogens with zero attached hydrogens (tertiary/aromatic N) is 1. The van der Waals surface area contributed by atoms with Gasteiger partial charge in [0.2, 0.25) is 0 Å². The molecule has 0 aliphatic rings. The summed E-state index contributed by atoms with van der Waals surface area (Å²) in [5.74, 6) is -0.267. The number of nitrogen functional groups attached to an aromatic ring is 1. The summed E-state index contributed by atoms with van der Waals surface area (Å²) >= 11 is 1.61. The molecule has 3 aromatic rings. The van der Waals surface area contributed by atoms with E-state index in [1.807, 2.05) is 32.0 Å². The van der Waals surface area contributed by atoms with Crippen molar-refractivity contribution in [3.63, 3.8) is 0 Å². The van der Waals surface area contributed by atoms with Crippen LogP contribution >= 0.6 is 11.3 Å². The maximum Gasteiger partial charge on any atom is 0.125 e. The molecule has 3 N–H and O–H groups in total. The molecule has 2 aromatic carbocycles. The van der Waals surface area contributed by atoms with E-state index in [4.69, 9.17) is 5.73 Å². The molecular formula is C15H14FN3S. The molecule has 0 unspecified atom stereocenters. The molecule has 1 aromatic heterocycles. The quantitative estimate of drug-likeness (QED) is 0.688. The van der Waals surface area contributed by atoms with E-state index in [9.17, 15) is 4.39 Å². The summed E-state index contributed by atoms with van der Waals surface area (Å²) in [6, 6.07) is 8.60. The van der Waals surface area contributed by atoms with Gasteiger partial charge in [-0.15, -0.1) is 11.3 Å². The van der Waals surface area contributed by atoms with E-state index in [-0.39, 0.29) is 5.82 Å². The normalized spacial score (nSPS) is 10.9. The molecule has 0 aliphatic heterocycles. The Balaban J connectivity index is 2.03. The number of thiazole rings is 1. The average molecular weight is 287 g/mol. The number of fused-ring (bicyclic) bond motifs is 1. The highest BCUT2D eigenvalue weighted by atomic mass is 32.1. The van der Waals surface area contributed by atoms with Gasteiger partial charge < -0.3 is 11.1 Å². The number of halogens is 1. The van der Waals surface area contributed by atoms with Crippen LogP contribution in [0.15, 0.2) is 30.3 Å². The lowest BCUT2D eigenvalue weighted by atomic mass is 10.2. The van der Waals surface area contributed by atoms with E-state index in [1.54, 1.807) is 11.3 Å². The lowest BCUT2D eigenvalue weighted by Gasteiger charge is -2.10. The van der Waals surface area contributed by atoms with Gasteiger partial charge >= 0.3 is 0 Å². The number of aromatic nitrogens is 1. The van der Waals surface area contributed by atoms with Gasteiger partial charge in [-0.05, 0) is 49.7 Å². The third-order valence-electron chi connectivity index (χ3n) is 2.99. The van der Waals surface area contributed by atoms with Crippen molar-refractivity contribution in [2.24, 2.45) is 0 Å². The Hall–Kier alpha value is -2.14. The Labute approximate surface area is 120 Å². The number of rotatable bonds is 2. The molecule has 0 radical (unpaired) electrons. The number of nitrogens with one attached hydrogen (secondary N) is 1. The molecule has 1 heterocycles. The Bertz CT molecular complexity index is 775. The van der Waals surface area contributed by atoms with E-state index < -0.39 is 0 Å². The van der Waals surface area contributed by atoms with Crippen LogP contribution in [-0.2, 0) is 0 Å². The Morgan fingerprint density at radius 1 is 1.15 bits per heavy atom. The fraction of sp³-hybridized carbons (Fsp3) is 0.133. The average Bonchev–Trinajstić information content (AvgIpc) is 2.67. The van der Waals surface area contributed by atoms with Crippen molar-refractivity contribution in [2.45, 2.75) is 13.8 Å². The van der Waals surface area contributed by atoms with E-state index in [0.29, 0.717) is 11.4 Å². The van der Waals surface area contributed by atoms with Gasteiger partial charge in [0.15, 0.2) is 0 Å². The SMILES string of the molecule is Cc1cc(F)cc(Nc2cc3nc(C)sc3cc2N)c1. The maximum atomic E-state index is 13.4. The standard InChI is InChI=1S/C15H14FN3S/c1-8-3-10(16)5-11(4-8)19-13-7-14-15(6-12(13)17)20-9(2)18-14/h3-7,19H,17H2,1-2H3. The van der Waals surface area contributed by atoms with Crippen molar-refractivity contribution in [2.75, 3.05) is 11.1 Å². The van der Waals surface area contributed by atoms with E-state index in [0.717, 1.165) is 26.5 Å². The predicted octanol–water partition coefficient (Wildman–Crippen LogP) is 4.38. The number of anilines is 3. The molecule has 0 atom stereocenters. The van der Waals surface area contributed by atoms with Crippen LogP contribution in [0.3, 0.4) is 0 Å². The van der Waals surface area contributed by atoms with Crippen LogP contribution in [0, 0.1) is 19.7 Å². The summed E-state index contributed by atoms with van der Waals surface area (Å²) in [4.78, 5) is 4.44. The van der Waals surface area contributed by atoms with Gasteiger partial charge in [0.1, 0.15) is 5.82 Å². The lowest BCUT2D eigenvalue weighted by Crippen LogP contribution is -1.97. The van der Waals surface area contributed by atoms with Gasteiger partial charge in [0, 0.05) is 5.69 Å². The molecule has 102 valence electrons. The second kappa shape index (κ2) is 4.76. The lowest BCUT2D eigenvalue weighted by molar-refractivity contribution is 0.627. The Morgan fingerprint density at radius 2 is 1.95 bits per heavy atom. The van der Waals surface area contributed by atoms with Crippen LogP contribution in [-0.4, -0.2) is 4.98 Å². The molecule has 20 heavy (non-hydrogen) atoms. The summed E-state index contributed by atoms with van der Waals surface area (Å²) in [6.07, 6.45) is 0. The van der Waals surface area contributed by atoms with Gasteiger partial charge in [0.25, 0.3) is 0 Å². The van der Waals surface area contributed by atoms with Gasteiger partial charge in [0.05, 0.1) is 26.6 Å². The summed E-state index contributed by atoms with van der Waals surface area (Å²) in [7, 11) is 0. The van der Waals surface area contributed by atoms with Crippen LogP contribution in [0.1, 0.15) is 10.6 Å². The van der Waals surface area contributed by atoms with Gasteiger partial charge in [-0.2, -0.15) is 0 Å². The van der Waals surface area contributed by atoms with E-state index in [1.165, 1.54) is 12.1 Å². The van der Waals surface area contributed by atoms with Crippen LogP contribution < -0.4 is 11.1 Å². The third kappa shape index (κ3) is 2.44. The fourth-order valence-corrected chi connectivity index (χ4v) is 3.03. The highest BCUT2D eigenvalue weighted by molar-refractivity contribution is 7.18. The number of nitrogens with two attached hydrogens (primary N) is 1. The highest BCUT2D eigenvalue weighted by Crippen LogP contribution is 2.31. The molecule has 3 rings (SSSR count). The summed E-state index contributed by atoms with van der Waals surface area (Å²) < 4.78 is 14.5. The van der Waals surface area contributed by atoms with E-state index >= 15 is 0 Å². The smallest absolute Gasteiger partial charge is 0.125 e. The molecule has 0 saturated heterocycles. The van der Waals surface area contributed by atoms with Crippen molar-refractivity contribution < 1.29 is 4.39 Å². The zero-order chi connectivity index (χ0) is 14.3. The van der Waals surface area contributed by atoms with Crippen molar-refractivity contribution in [3.8, 4) is 0 Å². The van der Waals surface area contributed by atoms with Crippen molar-refractivity contribution >= 4 is 38.6 Å². The number of benzene rings is 2. The molecular weight excluding hydrogens is 273 g/mol. The zero-order valence-corrected chi connectivity index (χ0v) is 12.0. The van der Waals surface area contributed by atoms with Crippen LogP contribution in [0.25, 0.3) is 10.2 Å². The Morgan fingerprint density at radius 3 is 2.70 bits per heavy atom. The van der Waals surface area contributed by atoms with Crippen LogP contribution in [0.2, 0.25) is 0 Å². The van der Waals surface area contributed by atoms with Crippen LogP contribution in [0.5, 0.6) is 0 Å². The molecule has 0 spiro atoms. The van der Waals surface area contributed by atoms with Crippen molar-refractivity contribution in [3.05, 3.63) is 46.7 Å². The number of aryl methyl sites for hydroxylation is 2. The first-order valence-corrected chi connectivity index (χ1v) is 7.04. The molecule has 5 heteroatoms. The Kier molecular flexibility index (Phi) is 3.06. The third-order valence-corrected chi connectivity index (χ3v) is 3.92. The molecule has 0 bridgehead atoms. The van der Waals surface area contributed by atoms with Gasteiger partial charge in [-0.1, -0.05) is 0 Å². The second-order valence-corrected chi connectivity index (χ2v) is 6.02. The summed E-state index contributed by atoms with van der Waals surface area (Å²) in [5, 5.41) is 4.15. The maximum absolute atomic E-state index is 13.4. The monoisotopic (exact) mass is 287 g/mol. The minimum Gasteiger partial charge on any atom is -0.397 e. The van der Waals surface area contributed by atoms with Crippen LogP contribution in [0.4, 0.5) is 21.5 Å². The van der Waals surface area contributed by atoms with Gasteiger partial charge in [-0.3, -0.25) is 0 Å². The second-order valence-electron chi connectivity index (χ2n) is 4.78. The van der Waals surface area contributed by atoms with Crippen molar-refractivity contribution in [1.82, 2.24) is 4.98 Å². The zero-order valence-electron chi connectivity index (χ0n) is 11.2. The molecule has 3 nitrogen and oxygen atoms in total. The summed E-state index contributed by atoms with van der Waals surface area (Å²) in [5.41, 5.74) is 9.85. The molecule has 0 aliphatic carbocycles. The largest absolute Gasteiger partial charge is 0.397 e. The fourth-order valence-electron chi connectivity index (χ4n) is 2.18. The number of hydrogen-bond donors (Lipinski definition) is 2. The molecule has 0 saturated carbocycles. The first-order valence-electron chi connectivity index (χ1n) is 6.22.